The second-order valence-corrected chi connectivity index (χ2v) is 7.64. The summed E-state index contributed by atoms with van der Waals surface area (Å²) in [6.07, 6.45) is 19.0. The van der Waals surface area contributed by atoms with E-state index in [1.165, 1.54) is 83.5 Å². The Balaban J connectivity index is -0.000000712. The first-order valence-corrected chi connectivity index (χ1v) is 12.1. The topological polar surface area (TPSA) is 121 Å². The highest BCUT2D eigenvalue weighted by atomic mass is 32.1. The third-order valence-electron chi connectivity index (χ3n) is 4.36. The summed E-state index contributed by atoms with van der Waals surface area (Å²) in [6.45, 7) is -0.588. The fourth-order valence-corrected chi connectivity index (χ4v) is 2.93. The number of unbranched alkanes of at least 4 members (excludes halogenated alkanes) is 13. The number of rotatable bonds is 19. The first-order valence-electron chi connectivity index (χ1n) is 11.5. The van der Waals surface area contributed by atoms with Gasteiger partial charge in [0.2, 0.25) is 0 Å². The highest BCUT2D eigenvalue weighted by Crippen LogP contribution is 2.13. The largest absolute Gasteiger partial charge is 0.394 e. The van der Waals surface area contributed by atoms with Gasteiger partial charge in [-0.25, -0.2) is 0 Å². The van der Waals surface area contributed by atoms with Gasteiger partial charge in [-0.2, -0.15) is 12.6 Å². The zero-order chi connectivity index (χ0) is 22.4. The second kappa shape index (κ2) is 35.5. The third kappa shape index (κ3) is 43.0. The van der Waals surface area contributed by atoms with E-state index < -0.39 is 6.10 Å². The van der Waals surface area contributed by atoms with E-state index in [2.05, 4.69) is 12.6 Å². The van der Waals surface area contributed by atoms with Gasteiger partial charge in [-0.05, 0) is 18.6 Å². The molecule has 0 bridgehead atoms. The van der Waals surface area contributed by atoms with E-state index in [1.54, 1.807) is 0 Å². The van der Waals surface area contributed by atoms with Gasteiger partial charge in [0.25, 0.3) is 0 Å². The molecule has 0 aromatic carbocycles. The van der Waals surface area contributed by atoms with E-state index in [4.69, 9.17) is 25.5 Å². The fourth-order valence-electron chi connectivity index (χ4n) is 2.70. The van der Waals surface area contributed by atoms with Crippen LogP contribution in [0.3, 0.4) is 0 Å². The smallest absolute Gasteiger partial charge is 0.0770 e. The monoisotopic (exact) mass is 442 g/mol. The van der Waals surface area contributed by atoms with Crippen LogP contribution in [-0.2, 0) is 0 Å². The molecule has 0 amide bonds. The van der Waals surface area contributed by atoms with Crippen molar-refractivity contribution in [1.29, 1.82) is 0 Å². The van der Waals surface area contributed by atoms with Gasteiger partial charge in [0.05, 0.1) is 39.1 Å². The lowest BCUT2D eigenvalue weighted by molar-refractivity contribution is 0.0860. The molecule has 0 spiro atoms. The Kier molecular flexibility index (Phi) is 41.4. The Bertz CT molecular complexity index is 239. The lowest BCUT2D eigenvalue weighted by atomic mass is 10.0. The van der Waals surface area contributed by atoms with Gasteiger partial charge in [-0.15, -0.1) is 0 Å². The maximum atomic E-state index is 9.21. The molecule has 6 nitrogen and oxygen atoms in total. The molecule has 0 aromatic heterocycles. The molecule has 0 saturated carbocycles. The maximum Gasteiger partial charge on any atom is 0.0770 e. The number of aliphatic hydroxyl groups is 6. The quantitative estimate of drug-likeness (QED) is 0.122. The van der Waals surface area contributed by atoms with Crippen LogP contribution in [0.15, 0.2) is 0 Å². The van der Waals surface area contributed by atoms with Crippen molar-refractivity contribution in [1.82, 2.24) is 0 Å². The molecule has 6 N–H and O–H groups in total. The molecule has 1 unspecified atom stereocenters. The molecule has 0 heterocycles. The van der Waals surface area contributed by atoms with Crippen LogP contribution in [0.1, 0.15) is 96.3 Å². The third-order valence-corrected chi connectivity index (χ3v) is 4.67. The van der Waals surface area contributed by atoms with E-state index >= 15 is 0 Å². The lowest BCUT2D eigenvalue weighted by Crippen LogP contribution is -2.10. The van der Waals surface area contributed by atoms with Gasteiger partial charge >= 0.3 is 0 Å². The van der Waals surface area contributed by atoms with E-state index in [1.807, 2.05) is 0 Å². The molecule has 0 rings (SSSR count). The molecule has 0 aliphatic carbocycles. The summed E-state index contributed by atoms with van der Waals surface area (Å²) in [5, 5.41) is 48.4. The first-order chi connectivity index (χ1) is 14.1. The summed E-state index contributed by atoms with van der Waals surface area (Å²) in [4.78, 5) is 0. The van der Waals surface area contributed by atoms with Gasteiger partial charge in [0, 0.05) is 0 Å². The molecule has 0 radical (unpaired) electrons. The van der Waals surface area contributed by atoms with Crippen LogP contribution in [0.25, 0.3) is 0 Å². The van der Waals surface area contributed by atoms with E-state index in [-0.39, 0.29) is 33.0 Å². The van der Waals surface area contributed by atoms with Crippen LogP contribution >= 0.6 is 12.6 Å². The molecule has 0 aliphatic heterocycles. The molecular weight excluding hydrogens is 392 g/mol. The Morgan fingerprint density at radius 1 is 0.448 bits per heavy atom. The van der Waals surface area contributed by atoms with Gasteiger partial charge in [-0.3, -0.25) is 0 Å². The van der Waals surface area contributed by atoms with Crippen molar-refractivity contribution in [2.45, 2.75) is 102 Å². The van der Waals surface area contributed by atoms with Crippen LogP contribution in [0.2, 0.25) is 0 Å². The van der Waals surface area contributed by atoms with Crippen LogP contribution in [0.4, 0.5) is 0 Å². The predicted octanol–water partition coefficient (Wildman–Crippen LogP) is 3.06. The van der Waals surface area contributed by atoms with Crippen molar-refractivity contribution in [2.24, 2.45) is 0 Å². The van der Waals surface area contributed by atoms with Gasteiger partial charge in [0.15, 0.2) is 0 Å². The average Bonchev–Trinajstić information content (AvgIpc) is 2.76. The standard InChI is InChI=1S/C18H38O2S.2C2H6O2/c19-17-18(20)15-13-11-9-7-5-3-1-2-4-6-8-10-12-14-16-21;2*3-1-2-4/h18-21H,1-17H2;2*3-4H,1-2H2. The first kappa shape index (κ1) is 33.7. The number of hydrogen-bond donors (Lipinski definition) is 7. The predicted molar refractivity (Wildman–Crippen MR) is 125 cm³/mol. The zero-order valence-electron chi connectivity index (χ0n) is 18.6. The minimum atomic E-state index is -0.497. The average molecular weight is 443 g/mol. The summed E-state index contributed by atoms with van der Waals surface area (Å²) in [5.74, 6) is 1.04. The highest BCUT2D eigenvalue weighted by Gasteiger charge is 2.00. The van der Waals surface area contributed by atoms with E-state index in [0.29, 0.717) is 0 Å². The Morgan fingerprint density at radius 2 is 0.724 bits per heavy atom. The molecule has 0 saturated heterocycles. The SMILES string of the molecule is OCC(O)CCCCCCCCCCCCCCCCS.OCCO.OCCO. The Hall–Kier alpha value is 0.110. The van der Waals surface area contributed by atoms with Crippen molar-refractivity contribution >= 4 is 12.6 Å². The van der Waals surface area contributed by atoms with Gasteiger partial charge in [-0.1, -0.05) is 83.5 Å². The van der Waals surface area contributed by atoms with E-state index in [0.717, 1.165) is 18.6 Å². The molecule has 7 heteroatoms. The summed E-state index contributed by atoms with van der Waals surface area (Å²) in [5.41, 5.74) is 0. The molecule has 29 heavy (non-hydrogen) atoms. The maximum absolute atomic E-state index is 9.21. The molecule has 0 fully saturated rings. The van der Waals surface area contributed by atoms with Crippen LogP contribution < -0.4 is 0 Å². The van der Waals surface area contributed by atoms with Crippen LogP contribution in [0.5, 0.6) is 0 Å². The number of aliphatic hydroxyl groups excluding tert-OH is 6. The summed E-state index contributed by atoms with van der Waals surface area (Å²) in [7, 11) is 0. The number of thiol groups is 1. The van der Waals surface area contributed by atoms with Gasteiger partial charge in [0.1, 0.15) is 0 Å². The van der Waals surface area contributed by atoms with Crippen molar-refractivity contribution in [2.75, 3.05) is 38.8 Å². The zero-order valence-corrected chi connectivity index (χ0v) is 19.5. The molecular formula is C22H50O6S. The molecule has 0 aliphatic rings. The van der Waals surface area contributed by atoms with E-state index in [9.17, 15) is 5.11 Å². The van der Waals surface area contributed by atoms with Crippen molar-refractivity contribution in [3.05, 3.63) is 0 Å². The minimum Gasteiger partial charge on any atom is -0.394 e. The lowest BCUT2D eigenvalue weighted by Gasteiger charge is -2.06. The van der Waals surface area contributed by atoms with Crippen molar-refractivity contribution in [3.63, 3.8) is 0 Å². The minimum absolute atomic E-state index is 0.0881. The molecule has 1 atom stereocenters. The normalized spacial score (nSPS) is 11.3. The van der Waals surface area contributed by atoms with Crippen molar-refractivity contribution < 1.29 is 30.6 Å². The van der Waals surface area contributed by atoms with Crippen LogP contribution in [0, 0.1) is 0 Å². The summed E-state index contributed by atoms with van der Waals surface area (Å²) >= 11 is 4.23. The Labute approximate surface area is 184 Å². The molecule has 0 aromatic rings. The van der Waals surface area contributed by atoms with Crippen molar-refractivity contribution in [3.8, 4) is 0 Å². The van der Waals surface area contributed by atoms with Crippen LogP contribution in [-0.4, -0.2) is 75.5 Å². The summed E-state index contributed by atoms with van der Waals surface area (Å²) in [6, 6.07) is 0. The van der Waals surface area contributed by atoms with Gasteiger partial charge < -0.3 is 30.6 Å². The summed E-state index contributed by atoms with van der Waals surface area (Å²) < 4.78 is 0. The highest BCUT2D eigenvalue weighted by molar-refractivity contribution is 7.80. The number of hydrogen-bond acceptors (Lipinski definition) is 7. The second-order valence-electron chi connectivity index (χ2n) is 7.19. The Morgan fingerprint density at radius 3 is 0.966 bits per heavy atom. The fraction of sp³-hybridized carbons (Fsp3) is 1.00. The molecule has 180 valence electrons.